The Kier molecular flexibility index (Phi) is 4.21. The summed E-state index contributed by atoms with van der Waals surface area (Å²) in [5, 5.41) is 3.57. The third-order valence-corrected chi connectivity index (χ3v) is 5.18. The Morgan fingerprint density at radius 2 is 2.15 bits per heavy atom. The Morgan fingerprint density at radius 3 is 2.75 bits per heavy atom. The van der Waals surface area contributed by atoms with Crippen molar-refractivity contribution in [3.05, 3.63) is 33.8 Å². The van der Waals surface area contributed by atoms with Gasteiger partial charge in [0.05, 0.1) is 0 Å². The molecular weight excluding hydrogens is 312 g/mol. The molecule has 3 rings (SSSR count). The minimum atomic E-state index is 0.487. The van der Waals surface area contributed by atoms with Gasteiger partial charge in [-0.3, -0.25) is 4.90 Å². The highest BCUT2D eigenvalue weighted by atomic mass is 79.9. The summed E-state index contributed by atoms with van der Waals surface area (Å²) in [4.78, 5) is 2.57. The van der Waals surface area contributed by atoms with Crippen LogP contribution in [-0.2, 0) is 13.1 Å². The van der Waals surface area contributed by atoms with Gasteiger partial charge in [-0.05, 0) is 48.4 Å². The smallest absolute Gasteiger partial charge is 0.0245 e. The highest BCUT2D eigenvalue weighted by molar-refractivity contribution is 9.10. The van der Waals surface area contributed by atoms with Crippen LogP contribution in [0.3, 0.4) is 0 Å². The number of nitrogens with one attached hydrogen (secondary N) is 1. The van der Waals surface area contributed by atoms with E-state index in [1.165, 1.54) is 48.0 Å². The first-order valence-electron chi connectivity index (χ1n) is 7.75. The van der Waals surface area contributed by atoms with Crippen molar-refractivity contribution in [3.63, 3.8) is 0 Å². The molecule has 0 spiro atoms. The average Bonchev–Trinajstić information content (AvgIpc) is 3.15. The maximum atomic E-state index is 3.75. The van der Waals surface area contributed by atoms with Gasteiger partial charge in [0.15, 0.2) is 0 Å². The predicted molar refractivity (Wildman–Crippen MR) is 87.7 cm³/mol. The van der Waals surface area contributed by atoms with Crippen molar-refractivity contribution in [1.82, 2.24) is 10.2 Å². The molecule has 1 saturated heterocycles. The summed E-state index contributed by atoms with van der Waals surface area (Å²) in [6.07, 6.45) is 4.02. The molecule has 3 heteroatoms. The van der Waals surface area contributed by atoms with E-state index < -0.39 is 0 Å². The van der Waals surface area contributed by atoms with Gasteiger partial charge in [0.2, 0.25) is 0 Å². The second-order valence-corrected chi connectivity index (χ2v) is 8.06. The summed E-state index contributed by atoms with van der Waals surface area (Å²) in [7, 11) is 0. The van der Waals surface area contributed by atoms with Crippen molar-refractivity contribution in [2.45, 2.75) is 52.2 Å². The number of likely N-dealkylation sites (tertiary alicyclic amines) is 1. The number of rotatable bonds is 5. The predicted octanol–water partition coefficient (Wildman–Crippen LogP) is 3.93. The van der Waals surface area contributed by atoms with E-state index in [1.54, 1.807) is 0 Å². The highest BCUT2D eigenvalue weighted by Crippen LogP contribution is 2.31. The van der Waals surface area contributed by atoms with Crippen molar-refractivity contribution < 1.29 is 0 Å². The molecule has 2 fully saturated rings. The molecule has 0 amide bonds. The third-order valence-electron chi connectivity index (χ3n) is 4.44. The van der Waals surface area contributed by atoms with Gasteiger partial charge in [0.1, 0.15) is 0 Å². The lowest BCUT2D eigenvalue weighted by Crippen LogP contribution is -2.23. The van der Waals surface area contributed by atoms with E-state index in [0.717, 1.165) is 19.1 Å². The Balaban J connectivity index is 1.59. The van der Waals surface area contributed by atoms with E-state index in [9.17, 15) is 0 Å². The molecule has 20 heavy (non-hydrogen) atoms. The number of halogens is 1. The van der Waals surface area contributed by atoms with E-state index in [2.05, 4.69) is 58.2 Å². The van der Waals surface area contributed by atoms with Crippen molar-refractivity contribution in [2.75, 3.05) is 13.1 Å². The van der Waals surface area contributed by atoms with Gasteiger partial charge >= 0.3 is 0 Å². The molecule has 1 aromatic carbocycles. The second-order valence-electron chi connectivity index (χ2n) is 7.21. The molecule has 0 radical (unpaired) electrons. The molecule has 0 atom stereocenters. The van der Waals surface area contributed by atoms with Gasteiger partial charge in [-0.1, -0.05) is 41.9 Å². The Morgan fingerprint density at radius 1 is 1.35 bits per heavy atom. The highest BCUT2D eigenvalue weighted by Gasteiger charge is 2.29. The van der Waals surface area contributed by atoms with Crippen molar-refractivity contribution in [2.24, 2.45) is 5.41 Å². The van der Waals surface area contributed by atoms with Crippen LogP contribution in [0.25, 0.3) is 0 Å². The third kappa shape index (κ3) is 3.84. The zero-order chi connectivity index (χ0) is 14.2. The average molecular weight is 337 g/mol. The van der Waals surface area contributed by atoms with E-state index >= 15 is 0 Å². The van der Waals surface area contributed by atoms with Gasteiger partial charge in [-0.2, -0.15) is 0 Å². The number of nitrogens with zero attached hydrogens (tertiary/aromatic N) is 1. The fourth-order valence-corrected chi connectivity index (χ4v) is 3.53. The number of hydrogen-bond donors (Lipinski definition) is 1. The molecule has 0 bridgehead atoms. The van der Waals surface area contributed by atoms with Crippen LogP contribution in [0.15, 0.2) is 22.7 Å². The summed E-state index contributed by atoms with van der Waals surface area (Å²) in [5.41, 5.74) is 3.28. The zero-order valence-corrected chi connectivity index (χ0v) is 14.2. The standard InChI is InChI=1S/C17H25BrN2/c1-17(2)7-8-20(12-17)11-14-4-3-13(9-16(14)18)10-19-15-5-6-15/h3-4,9,15,19H,5-8,10-12H2,1-2H3. The van der Waals surface area contributed by atoms with Crippen molar-refractivity contribution in [3.8, 4) is 0 Å². The van der Waals surface area contributed by atoms with E-state index in [1.807, 2.05) is 0 Å². The SMILES string of the molecule is CC1(C)CCN(Cc2ccc(CNC3CC3)cc2Br)C1. The van der Waals surface area contributed by atoms with Crippen LogP contribution < -0.4 is 5.32 Å². The van der Waals surface area contributed by atoms with Crippen LogP contribution in [0.1, 0.15) is 44.2 Å². The molecule has 1 aromatic rings. The van der Waals surface area contributed by atoms with E-state index in [4.69, 9.17) is 0 Å². The van der Waals surface area contributed by atoms with E-state index in [-0.39, 0.29) is 0 Å². The lowest BCUT2D eigenvalue weighted by Gasteiger charge is -2.20. The van der Waals surface area contributed by atoms with Crippen LogP contribution in [0.4, 0.5) is 0 Å². The van der Waals surface area contributed by atoms with Gasteiger partial charge < -0.3 is 5.32 Å². The van der Waals surface area contributed by atoms with Gasteiger partial charge in [-0.25, -0.2) is 0 Å². The number of hydrogen-bond acceptors (Lipinski definition) is 2. The fourth-order valence-electron chi connectivity index (χ4n) is 2.98. The summed E-state index contributed by atoms with van der Waals surface area (Å²) in [5.74, 6) is 0. The Hall–Kier alpha value is -0.380. The molecule has 1 saturated carbocycles. The number of benzene rings is 1. The molecule has 0 aromatic heterocycles. The molecule has 1 aliphatic heterocycles. The molecule has 2 aliphatic rings. The van der Waals surface area contributed by atoms with Crippen LogP contribution >= 0.6 is 15.9 Å². The summed E-state index contributed by atoms with van der Waals surface area (Å²) < 4.78 is 1.26. The van der Waals surface area contributed by atoms with Gasteiger partial charge in [0.25, 0.3) is 0 Å². The quantitative estimate of drug-likeness (QED) is 0.876. The van der Waals surface area contributed by atoms with Crippen LogP contribution in [-0.4, -0.2) is 24.0 Å². The monoisotopic (exact) mass is 336 g/mol. The minimum Gasteiger partial charge on any atom is -0.310 e. The van der Waals surface area contributed by atoms with Crippen molar-refractivity contribution in [1.29, 1.82) is 0 Å². The molecule has 0 unspecified atom stereocenters. The second kappa shape index (κ2) is 5.78. The molecule has 1 heterocycles. The fraction of sp³-hybridized carbons (Fsp3) is 0.647. The molecule has 1 aliphatic carbocycles. The maximum absolute atomic E-state index is 3.75. The lowest BCUT2D eigenvalue weighted by atomic mass is 9.93. The first-order valence-corrected chi connectivity index (χ1v) is 8.54. The maximum Gasteiger partial charge on any atom is 0.0245 e. The molecule has 2 nitrogen and oxygen atoms in total. The van der Waals surface area contributed by atoms with Crippen LogP contribution in [0, 0.1) is 5.41 Å². The van der Waals surface area contributed by atoms with Crippen LogP contribution in [0.2, 0.25) is 0 Å². The van der Waals surface area contributed by atoms with Gasteiger partial charge in [-0.15, -0.1) is 0 Å². The first-order chi connectivity index (χ1) is 9.52. The first kappa shape index (κ1) is 14.6. The van der Waals surface area contributed by atoms with E-state index in [0.29, 0.717) is 5.41 Å². The minimum absolute atomic E-state index is 0.487. The summed E-state index contributed by atoms with van der Waals surface area (Å²) in [6.45, 7) is 9.25. The largest absolute Gasteiger partial charge is 0.310 e. The zero-order valence-electron chi connectivity index (χ0n) is 12.6. The normalized spacial score (nSPS) is 22.4. The Labute approximate surface area is 131 Å². The molecular formula is C17H25BrN2. The van der Waals surface area contributed by atoms with Crippen LogP contribution in [0.5, 0.6) is 0 Å². The lowest BCUT2D eigenvalue weighted by molar-refractivity contribution is 0.284. The molecule has 1 N–H and O–H groups in total. The Bertz CT molecular complexity index is 480. The topological polar surface area (TPSA) is 15.3 Å². The van der Waals surface area contributed by atoms with Crippen molar-refractivity contribution >= 4 is 15.9 Å². The summed E-state index contributed by atoms with van der Waals surface area (Å²) >= 11 is 3.75. The van der Waals surface area contributed by atoms with Gasteiger partial charge in [0, 0.05) is 30.1 Å². The summed E-state index contributed by atoms with van der Waals surface area (Å²) in [6, 6.07) is 7.63. The molecule has 110 valence electrons.